The summed E-state index contributed by atoms with van der Waals surface area (Å²) in [7, 11) is -3.09. The van der Waals surface area contributed by atoms with Crippen LogP contribution < -0.4 is 5.32 Å². The van der Waals surface area contributed by atoms with Crippen LogP contribution in [-0.4, -0.2) is 56.5 Å². The number of furan rings is 1. The van der Waals surface area contributed by atoms with Gasteiger partial charge in [0.05, 0.1) is 36.7 Å². The molecule has 0 saturated carbocycles. The number of aliphatic hydroxyl groups excluding tert-OH is 1. The summed E-state index contributed by atoms with van der Waals surface area (Å²) < 4.78 is 27.4. The molecule has 0 radical (unpaired) electrons. The second-order valence-corrected chi connectivity index (χ2v) is 6.45. The minimum atomic E-state index is -3.09. The van der Waals surface area contributed by atoms with Gasteiger partial charge >= 0.3 is 0 Å². The van der Waals surface area contributed by atoms with E-state index in [0.717, 1.165) is 5.56 Å². The molecule has 1 aromatic rings. The topological polar surface area (TPSA) is 91.9 Å². The van der Waals surface area contributed by atoms with Crippen LogP contribution in [0.2, 0.25) is 0 Å². The summed E-state index contributed by atoms with van der Waals surface area (Å²) in [6.45, 7) is 1.06. The number of hydrogen-bond acceptors (Lipinski definition) is 6. The highest BCUT2D eigenvalue weighted by molar-refractivity contribution is 7.91. The maximum absolute atomic E-state index is 11.3. The Morgan fingerprint density at radius 3 is 3.00 bits per heavy atom. The lowest BCUT2D eigenvalue weighted by molar-refractivity contribution is 0.167. The molecule has 7 heteroatoms. The van der Waals surface area contributed by atoms with E-state index in [2.05, 4.69) is 10.3 Å². The van der Waals surface area contributed by atoms with Crippen LogP contribution in [0.1, 0.15) is 5.56 Å². The summed E-state index contributed by atoms with van der Waals surface area (Å²) in [5, 5.41) is 12.5. The van der Waals surface area contributed by atoms with Gasteiger partial charge in [-0.25, -0.2) is 8.42 Å². The van der Waals surface area contributed by atoms with Crippen molar-refractivity contribution in [1.29, 1.82) is 0 Å². The minimum Gasteiger partial charge on any atom is -0.472 e. The Kier molecular flexibility index (Phi) is 4.15. The maximum Gasteiger partial charge on any atom is 0.154 e. The highest BCUT2D eigenvalue weighted by atomic mass is 32.2. The molecule has 0 spiro atoms. The lowest BCUT2D eigenvalue weighted by Crippen LogP contribution is -2.40. The van der Waals surface area contributed by atoms with Crippen molar-refractivity contribution in [2.24, 2.45) is 4.99 Å². The van der Waals surface area contributed by atoms with E-state index in [1.807, 2.05) is 0 Å². The second kappa shape index (κ2) is 5.64. The number of nitrogens with one attached hydrogen (secondary N) is 1. The monoisotopic (exact) mass is 272 g/mol. The zero-order valence-corrected chi connectivity index (χ0v) is 10.6. The summed E-state index contributed by atoms with van der Waals surface area (Å²) in [6, 6.07) is 1.42. The Labute approximate surface area is 106 Å². The van der Waals surface area contributed by atoms with Crippen LogP contribution in [-0.2, 0) is 9.84 Å². The normalized spacial score (nSPS) is 26.9. The molecule has 2 heterocycles. The number of rotatable bonds is 5. The van der Waals surface area contributed by atoms with Gasteiger partial charge < -0.3 is 14.8 Å². The van der Waals surface area contributed by atoms with Gasteiger partial charge in [-0.15, -0.1) is 0 Å². The second-order valence-electron chi connectivity index (χ2n) is 4.30. The molecule has 1 saturated heterocycles. The van der Waals surface area contributed by atoms with Crippen LogP contribution in [0.3, 0.4) is 0 Å². The number of hydrogen-bond donors (Lipinski definition) is 2. The lowest BCUT2D eigenvalue weighted by Gasteiger charge is -2.13. The molecule has 0 aromatic carbocycles. The van der Waals surface area contributed by atoms with E-state index in [4.69, 9.17) is 4.42 Å². The van der Waals surface area contributed by atoms with Gasteiger partial charge in [0, 0.05) is 24.4 Å². The van der Waals surface area contributed by atoms with E-state index in [1.54, 1.807) is 24.8 Å². The van der Waals surface area contributed by atoms with Gasteiger partial charge in [-0.3, -0.25) is 4.99 Å². The molecule has 2 N–H and O–H groups in total. The molecule has 18 heavy (non-hydrogen) atoms. The summed E-state index contributed by atoms with van der Waals surface area (Å²) in [6.07, 6.45) is 4.03. The summed E-state index contributed by atoms with van der Waals surface area (Å²) in [5.41, 5.74) is 0.887. The highest BCUT2D eigenvalue weighted by Gasteiger charge is 2.35. The first-order valence-electron chi connectivity index (χ1n) is 5.71. The van der Waals surface area contributed by atoms with Crippen molar-refractivity contribution in [2.45, 2.75) is 12.1 Å². The van der Waals surface area contributed by atoms with E-state index >= 15 is 0 Å². The number of sulfone groups is 1. The van der Waals surface area contributed by atoms with Gasteiger partial charge in [-0.1, -0.05) is 0 Å². The fraction of sp³-hybridized carbons (Fsp3) is 0.545. The van der Waals surface area contributed by atoms with Crippen molar-refractivity contribution < 1.29 is 17.9 Å². The average molecular weight is 272 g/mol. The molecule has 1 aliphatic heterocycles. The van der Waals surface area contributed by atoms with Crippen LogP contribution in [0.15, 0.2) is 28.0 Å². The van der Waals surface area contributed by atoms with Crippen LogP contribution >= 0.6 is 0 Å². The first-order chi connectivity index (χ1) is 8.57. The number of nitrogens with zero attached hydrogens (tertiary/aromatic N) is 1. The van der Waals surface area contributed by atoms with Crippen LogP contribution in [0.25, 0.3) is 0 Å². The fourth-order valence-electron chi connectivity index (χ4n) is 1.86. The first-order valence-corrected chi connectivity index (χ1v) is 7.53. The smallest absolute Gasteiger partial charge is 0.154 e. The molecule has 1 fully saturated rings. The van der Waals surface area contributed by atoms with Crippen LogP contribution in [0.5, 0.6) is 0 Å². The minimum absolute atomic E-state index is 0.000385. The largest absolute Gasteiger partial charge is 0.472 e. The molecule has 1 aromatic heterocycles. The van der Waals surface area contributed by atoms with E-state index in [0.29, 0.717) is 13.1 Å². The summed E-state index contributed by atoms with van der Waals surface area (Å²) in [5.74, 6) is -0.150. The molecular weight excluding hydrogens is 256 g/mol. The zero-order valence-electron chi connectivity index (χ0n) is 9.82. The Morgan fingerprint density at radius 2 is 2.39 bits per heavy atom. The Bertz CT molecular complexity index is 495. The highest BCUT2D eigenvalue weighted by Crippen LogP contribution is 2.11. The van der Waals surface area contributed by atoms with Crippen molar-refractivity contribution in [2.75, 3.05) is 24.6 Å². The van der Waals surface area contributed by atoms with Gasteiger partial charge in [-0.2, -0.15) is 0 Å². The predicted octanol–water partition coefficient (Wildman–Crippen LogP) is -0.554. The third kappa shape index (κ3) is 3.66. The standard InChI is InChI=1S/C11H16N2O4S/c14-11-8-18(15,16)7-10(11)13-3-2-12-5-9-1-4-17-6-9/h1,4-6,10-11,13-14H,2-3,7-8H2/t10-,11+/m1/s1. The van der Waals surface area contributed by atoms with Crippen molar-refractivity contribution >= 4 is 16.1 Å². The Balaban J connectivity index is 1.70. The maximum atomic E-state index is 11.3. The third-order valence-corrected chi connectivity index (χ3v) is 4.47. The van der Waals surface area contributed by atoms with Crippen molar-refractivity contribution in [3.63, 3.8) is 0 Å². The Morgan fingerprint density at radius 1 is 1.56 bits per heavy atom. The van der Waals surface area contributed by atoms with Crippen molar-refractivity contribution in [3.8, 4) is 0 Å². The number of aliphatic hydroxyl groups is 1. The van der Waals surface area contributed by atoms with Gasteiger partial charge in [0.15, 0.2) is 9.84 Å². The fourth-order valence-corrected chi connectivity index (χ4v) is 3.63. The number of aliphatic imine (C=N–C) groups is 1. The lowest BCUT2D eigenvalue weighted by atomic mass is 10.2. The van der Waals surface area contributed by atoms with Crippen LogP contribution in [0.4, 0.5) is 0 Å². The first kappa shape index (κ1) is 13.3. The quantitative estimate of drug-likeness (QED) is 0.554. The summed E-state index contributed by atoms with van der Waals surface area (Å²) >= 11 is 0. The summed E-state index contributed by atoms with van der Waals surface area (Å²) in [4.78, 5) is 4.16. The third-order valence-electron chi connectivity index (χ3n) is 2.75. The zero-order chi connectivity index (χ0) is 13.0. The van der Waals surface area contributed by atoms with E-state index in [-0.39, 0.29) is 17.5 Å². The van der Waals surface area contributed by atoms with Gasteiger partial charge in [-0.05, 0) is 6.07 Å². The van der Waals surface area contributed by atoms with Gasteiger partial charge in [0.1, 0.15) is 0 Å². The molecule has 2 atom stereocenters. The molecule has 0 aliphatic carbocycles. The van der Waals surface area contributed by atoms with Gasteiger partial charge in [0.25, 0.3) is 0 Å². The van der Waals surface area contributed by atoms with Gasteiger partial charge in [0.2, 0.25) is 0 Å². The van der Waals surface area contributed by atoms with E-state index in [1.165, 1.54) is 0 Å². The SMILES string of the molecule is O=S1(=O)C[C@H](O)[C@H](NCCN=Cc2ccoc2)C1. The predicted molar refractivity (Wildman–Crippen MR) is 67.6 cm³/mol. The van der Waals surface area contributed by atoms with E-state index in [9.17, 15) is 13.5 Å². The van der Waals surface area contributed by atoms with Crippen LogP contribution in [0, 0.1) is 0 Å². The molecule has 2 rings (SSSR count). The molecule has 0 amide bonds. The molecule has 0 bridgehead atoms. The average Bonchev–Trinajstić information content (AvgIpc) is 2.86. The molecule has 6 nitrogen and oxygen atoms in total. The molecule has 1 aliphatic rings. The Hall–Kier alpha value is -1.18. The van der Waals surface area contributed by atoms with Crippen molar-refractivity contribution in [3.05, 3.63) is 24.2 Å². The molecule has 100 valence electrons. The molecule has 0 unspecified atom stereocenters. The van der Waals surface area contributed by atoms with E-state index < -0.39 is 15.9 Å². The molecular formula is C11H16N2O4S. The van der Waals surface area contributed by atoms with Crippen molar-refractivity contribution in [1.82, 2.24) is 5.32 Å².